The van der Waals surface area contributed by atoms with Crippen LogP contribution in [0, 0.1) is 5.92 Å². The normalized spacial score (nSPS) is 15.7. The summed E-state index contributed by atoms with van der Waals surface area (Å²) in [6.07, 6.45) is 3.44. The van der Waals surface area contributed by atoms with Crippen LogP contribution in [0.4, 0.5) is 5.69 Å². The minimum atomic E-state index is 0.0180. The molecule has 0 unspecified atom stereocenters. The Morgan fingerprint density at radius 1 is 1.14 bits per heavy atom. The van der Waals surface area contributed by atoms with Crippen LogP contribution in [0.2, 0.25) is 0 Å². The monoisotopic (exact) mass is 442 g/mol. The summed E-state index contributed by atoms with van der Waals surface area (Å²) < 4.78 is 1.10. The number of amides is 1. The molecule has 1 heterocycles. The third kappa shape index (κ3) is 5.91. The van der Waals surface area contributed by atoms with E-state index >= 15 is 0 Å². The second-order valence-corrected chi connectivity index (χ2v) is 8.31. The summed E-state index contributed by atoms with van der Waals surface area (Å²) in [6.45, 7) is 2.80. The Labute approximate surface area is 175 Å². The fourth-order valence-corrected chi connectivity index (χ4v) is 3.59. The van der Waals surface area contributed by atoms with Crippen LogP contribution in [0.5, 0.6) is 0 Å². The van der Waals surface area contributed by atoms with Gasteiger partial charge in [0.25, 0.3) is 0 Å². The number of hydrazone groups is 1. The van der Waals surface area contributed by atoms with Gasteiger partial charge in [-0.3, -0.25) is 9.69 Å². The van der Waals surface area contributed by atoms with Crippen LogP contribution in [0.15, 0.2) is 58.1 Å². The molecule has 0 radical (unpaired) electrons. The number of nitrogens with zero attached hydrogens (tertiary/aromatic N) is 3. The summed E-state index contributed by atoms with van der Waals surface area (Å²) in [7, 11) is 4.01. The van der Waals surface area contributed by atoms with Gasteiger partial charge in [0.1, 0.15) is 0 Å². The van der Waals surface area contributed by atoms with Crippen LogP contribution in [-0.4, -0.2) is 44.2 Å². The van der Waals surface area contributed by atoms with Gasteiger partial charge in [0.05, 0.1) is 6.21 Å². The van der Waals surface area contributed by atoms with Crippen molar-refractivity contribution in [1.82, 2.24) is 10.3 Å². The van der Waals surface area contributed by atoms with Crippen LogP contribution in [0.3, 0.4) is 0 Å². The highest BCUT2D eigenvalue weighted by atomic mass is 79.9. The molecule has 6 heteroatoms. The van der Waals surface area contributed by atoms with E-state index in [0.29, 0.717) is 0 Å². The van der Waals surface area contributed by atoms with Crippen molar-refractivity contribution in [1.29, 1.82) is 0 Å². The number of carbonyl (C=O) groups excluding carboxylic acids is 1. The highest BCUT2D eigenvalue weighted by molar-refractivity contribution is 9.10. The molecule has 3 rings (SSSR count). The van der Waals surface area contributed by atoms with Crippen molar-refractivity contribution in [2.75, 3.05) is 32.1 Å². The topological polar surface area (TPSA) is 47.9 Å². The minimum absolute atomic E-state index is 0.0180. The van der Waals surface area contributed by atoms with E-state index in [-0.39, 0.29) is 11.8 Å². The SMILES string of the molecule is CN(C)c1ccc(C=NNC(=O)C2CCN(Cc3ccc(Br)cc3)CC2)cc1. The van der Waals surface area contributed by atoms with Crippen LogP contribution < -0.4 is 10.3 Å². The molecule has 1 aliphatic heterocycles. The van der Waals surface area contributed by atoms with Gasteiger partial charge in [0.15, 0.2) is 0 Å². The number of benzene rings is 2. The van der Waals surface area contributed by atoms with Crippen molar-refractivity contribution >= 4 is 33.7 Å². The Kier molecular flexibility index (Phi) is 7.23. The Bertz CT molecular complexity index is 794. The fourth-order valence-electron chi connectivity index (χ4n) is 3.32. The Morgan fingerprint density at radius 2 is 1.79 bits per heavy atom. The molecule has 0 bridgehead atoms. The largest absolute Gasteiger partial charge is 0.378 e. The van der Waals surface area contributed by atoms with Crippen molar-refractivity contribution in [2.45, 2.75) is 19.4 Å². The average Bonchev–Trinajstić information content (AvgIpc) is 2.70. The second kappa shape index (κ2) is 9.85. The molecular formula is C22H27BrN4O. The quantitative estimate of drug-likeness (QED) is 0.545. The molecule has 1 aliphatic rings. The lowest BCUT2D eigenvalue weighted by molar-refractivity contribution is -0.126. The smallest absolute Gasteiger partial charge is 0.243 e. The van der Waals surface area contributed by atoms with Gasteiger partial charge in [-0.05, 0) is 61.3 Å². The molecule has 1 fully saturated rings. The zero-order chi connectivity index (χ0) is 19.9. The van der Waals surface area contributed by atoms with Crippen LogP contribution >= 0.6 is 15.9 Å². The van der Waals surface area contributed by atoms with Crippen LogP contribution in [-0.2, 0) is 11.3 Å². The van der Waals surface area contributed by atoms with Crippen molar-refractivity contribution in [2.24, 2.45) is 11.0 Å². The van der Waals surface area contributed by atoms with Gasteiger partial charge >= 0.3 is 0 Å². The van der Waals surface area contributed by atoms with Crippen molar-refractivity contribution < 1.29 is 4.79 Å². The lowest BCUT2D eigenvalue weighted by atomic mass is 9.96. The number of rotatable bonds is 6. The number of hydrogen-bond acceptors (Lipinski definition) is 4. The molecule has 148 valence electrons. The molecule has 0 saturated carbocycles. The van der Waals surface area contributed by atoms with Crippen LogP contribution in [0.1, 0.15) is 24.0 Å². The van der Waals surface area contributed by atoms with E-state index in [2.05, 4.69) is 55.6 Å². The first-order valence-corrected chi connectivity index (χ1v) is 10.4. The van der Waals surface area contributed by atoms with Crippen molar-refractivity contribution in [3.63, 3.8) is 0 Å². The maximum absolute atomic E-state index is 12.4. The Hall–Kier alpha value is -2.18. The lowest BCUT2D eigenvalue weighted by Crippen LogP contribution is -2.39. The van der Waals surface area contributed by atoms with E-state index in [1.807, 2.05) is 43.3 Å². The number of halogens is 1. The number of anilines is 1. The average molecular weight is 443 g/mol. The first-order chi connectivity index (χ1) is 13.5. The maximum Gasteiger partial charge on any atom is 0.243 e. The minimum Gasteiger partial charge on any atom is -0.378 e. The molecule has 0 atom stereocenters. The highest BCUT2D eigenvalue weighted by Crippen LogP contribution is 2.20. The lowest BCUT2D eigenvalue weighted by Gasteiger charge is -2.30. The third-order valence-electron chi connectivity index (χ3n) is 5.08. The summed E-state index contributed by atoms with van der Waals surface area (Å²) in [5, 5.41) is 4.13. The maximum atomic E-state index is 12.4. The molecule has 2 aromatic rings. The summed E-state index contributed by atoms with van der Waals surface area (Å²) >= 11 is 3.47. The molecule has 1 amide bonds. The third-order valence-corrected chi connectivity index (χ3v) is 5.60. The Morgan fingerprint density at radius 3 is 2.39 bits per heavy atom. The standard InChI is InChI=1S/C22H27BrN4O/c1-26(2)21-9-5-17(6-10-21)15-24-25-22(28)19-11-13-27(14-12-19)16-18-3-7-20(23)8-4-18/h3-10,15,19H,11-14,16H2,1-2H3,(H,25,28). The molecule has 0 aromatic heterocycles. The van der Waals surface area contributed by atoms with Gasteiger partial charge in [0.2, 0.25) is 5.91 Å². The van der Waals surface area contributed by atoms with Gasteiger partial charge in [-0.25, -0.2) is 5.43 Å². The number of carbonyl (C=O) groups is 1. The van der Waals surface area contributed by atoms with Gasteiger partial charge in [-0.1, -0.05) is 40.2 Å². The van der Waals surface area contributed by atoms with E-state index in [1.54, 1.807) is 6.21 Å². The van der Waals surface area contributed by atoms with Gasteiger partial charge < -0.3 is 4.90 Å². The highest BCUT2D eigenvalue weighted by Gasteiger charge is 2.24. The summed E-state index contributed by atoms with van der Waals surface area (Å²) in [5.41, 5.74) is 6.11. The van der Waals surface area contributed by atoms with Crippen LogP contribution in [0.25, 0.3) is 0 Å². The second-order valence-electron chi connectivity index (χ2n) is 7.40. The summed E-state index contributed by atoms with van der Waals surface area (Å²) in [4.78, 5) is 16.8. The van der Waals surface area contributed by atoms with E-state index in [0.717, 1.165) is 48.2 Å². The molecule has 2 aromatic carbocycles. The molecule has 0 aliphatic carbocycles. The number of piperidine rings is 1. The first kappa shape index (κ1) is 20.6. The molecular weight excluding hydrogens is 416 g/mol. The predicted molar refractivity (Wildman–Crippen MR) is 119 cm³/mol. The van der Waals surface area contributed by atoms with Gasteiger partial charge in [-0.15, -0.1) is 0 Å². The summed E-state index contributed by atoms with van der Waals surface area (Å²) in [6, 6.07) is 16.5. The number of nitrogens with one attached hydrogen (secondary N) is 1. The first-order valence-electron chi connectivity index (χ1n) is 9.58. The number of likely N-dealkylation sites (tertiary alicyclic amines) is 1. The van der Waals surface area contributed by atoms with E-state index in [4.69, 9.17) is 0 Å². The van der Waals surface area contributed by atoms with Gasteiger partial charge in [-0.2, -0.15) is 5.10 Å². The molecule has 28 heavy (non-hydrogen) atoms. The predicted octanol–water partition coefficient (Wildman–Crippen LogP) is 3.88. The van der Waals surface area contributed by atoms with Crippen molar-refractivity contribution in [3.05, 3.63) is 64.1 Å². The molecule has 5 nitrogen and oxygen atoms in total. The van der Waals surface area contributed by atoms with E-state index < -0.39 is 0 Å². The van der Waals surface area contributed by atoms with Gasteiger partial charge in [0, 0.05) is 36.7 Å². The van der Waals surface area contributed by atoms with Crippen molar-refractivity contribution in [3.8, 4) is 0 Å². The molecule has 1 N–H and O–H groups in total. The molecule has 1 saturated heterocycles. The zero-order valence-corrected chi connectivity index (χ0v) is 18.0. The fraction of sp³-hybridized carbons (Fsp3) is 0.364. The summed E-state index contributed by atoms with van der Waals surface area (Å²) in [5.74, 6) is 0.0545. The van der Waals surface area contributed by atoms with E-state index in [9.17, 15) is 4.79 Å². The Balaban J connectivity index is 1.42. The van der Waals surface area contributed by atoms with E-state index in [1.165, 1.54) is 5.56 Å². The number of hydrogen-bond donors (Lipinski definition) is 1. The molecule has 0 spiro atoms. The zero-order valence-electron chi connectivity index (χ0n) is 16.4.